The summed E-state index contributed by atoms with van der Waals surface area (Å²) >= 11 is 5.80. The van der Waals surface area contributed by atoms with Crippen molar-refractivity contribution in [2.24, 2.45) is 0 Å². The van der Waals surface area contributed by atoms with E-state index in [0.717, 1.165) is 18.6 Å². The number of nitro benzene ring substituents is 1. The highest BCUT2D eigenvalue weighted by Crippen LogP contribution is 2.26. The Kier molecular flexibility index (Phi) is 5.28. The topological polar surface area (TPSA) is 89.3 Å². The molecule has 1 aromatic rings. The third kappa shape index (κ3) is 4.15. The number of nitro groups is 1. The molecule has 0 fully saturated rings. The molecule has 1 unspecified atom stereocenters. The van der Waals surface area contributed by atoms with Gasteiger partial charge in [-0.1, -0.05) is 24.9 Å². The highest BCUT2D eigenvalue weighted by molar-refractivity contribution is 7.89. The standard InChI is InChI=1S/C11H15ClN2O4S/c1-3-4-8(2)13-19(17,18)11-7-9(14(15)16)5-6-10(11)12/h5-8,13H,3-4H2,1-2H3. The van der Waals surface area contributed by atoms with Crippen LogP contribution in [0.25, 0.3) is 0 Å². The number of sulfonamides is 1. The van der Waals surface area contributed by atoms with Crippen LogP contribution >= 0.6 is 11.6 Å². The van der Waals surface area contributed by atoms with Crippen molar-refractivity contribution in [2.45, 2.75) is 37.6 Å². The summed E-state index contributed by atoms with van der Waals surface area (Å²) in [5.41, 5.74) is -0.312. The first-order chi connectivity index (χ1) is 8.77. The molecule has 19 heavy (non-hydrogen) atoms. The Morgan fingerprint density at radius 3 is 2.63 bits per heavy atom. The van der Waals surface area contributed by atoms with Gasteiger partial charge in [0.2, 0.25) is 10.0 Å². The molecule has 0 bridgehead atoms. The van der Waals surface area contributed by atoms with Gasteiger partial charge in [-0.2, -0.15) is 0 Å². The summed E-state index contributed by atoms with van der Waals surface area (Å²) < 4.78 is 26.6. The first-order valence-corrected chi connectivity index (χ1v) is 7.60. The lowest BCUT2D eigenvalue weighted by Crippen LogP contribution is -2.32. The van der Waals surface area contributed by atoms with Gasteiger partial charge in [0, 0.05) is 18.2 Å². The molecule has 1 atom stereocenters. The van der Waals surface area contributed by atoms with Crippen LogP contribution in [0, 0.1) is 10.1 Å². The van der Waals surface area contributed by atoms with Gasteiger partial charge < -0.3 is 0 Å². The number of nitrogens with one attached hydrogen (secondary N) is 1. The summed E-state index contributed by atoms with van der Waals surface area (Å²) in [7, 11) is -3.85. The highest BCUT2D eigenvalue weighted by atomic mass is 35.5. The van der Waals surface area contributed by atoms with Crippen LogP contribution in [0.5, 0.6) is 0 Å². The Bertz CT molecular complexity index is 574. The van der Waals surface area contributed by atoms with Crippen molar-refractivity contribution in [2.75, 3.05) is 0 Å². The molecule has 0 aromatic heterocycles. The first kappa shape index (κ1) is 15.9. The number of halogens is 1. The second kappa shape index (κ2) is 6.31. The number of hydrogen-bond donors (Lipinski definition) is 1. The van der Waals surface area contributed by atoms with Gasteiger partial charge in [-0.15, -0.1) is 0 Å². The Balaban J connectivity index is 3.13. The molecule has 0 spiro atoms. The van der Waals surface area contributed by atoms with Gasteiger partial charge in [-0.25, -0.2) is 13.1 Å². The third-order valence-electron chi connectivity index (χ3n) is 2.49. The number of benzene rings is 1. The van der Waals surface area contributed by atoms with Crippen LogP contribution < -0.4 is 4.72 Å². The maximum Gasteiger partial charge on any atom is 0.270 e. The minimum Gasteiger partial charge on any atom is -0.258 e. The summed E-state index contributed by atoms with van der Waals surface area (Å²) in [6, 6.07) is 3.07. The highest BCUT2D eigenvalue weighted by Gasteiger charge is 2.23. The summed E-state index contributed by atoms with van der Waals surface area (Å²) in [6.45, 7) is 3.66. The molecular formula is C11H15ClN2O4S. The number of rotatable bonds is 6. The smallest absolute Gasteiger partial charge is 0.258 e. The van der Waals surface area contributed by atoms with Gasteiger partial charge in [0.05, 0.1) is 9.95 Å². The van der Waals surface area contributed by atoms with Crippen LogP contribution in [-0.2, 0) is 10.0 Å². The molecule has 6 nitrogen and oxygen atoms in total. The van der Waals surface area contributed by atoms with Crippen molar-refractivity contribution in [3.63, 3.8) is 0 Å². The molecule has 0 aliphatic heterocycles. The van der Waals surface area contributed by atoms with Gasteiger partial charge in [0.1, 0.15) is 4.90 Å². The van der Waals surface area contributed by atoms with E-state index in [9.17, 15) is 18.5 Å². The van der Waals surface area contributed by atoms with Gasteiger partial charge in [-0.05, 0) is 19.4 Å². The maximum absolute atomic E-state index is 12.1. The van der Waals surface area contributed by atoms with E-state index in [0.29, 0.717) is 6.42 Å². The quantitative estimate of drug-likeness (QED) is 0.646. The largest absolute Gasteiger partial charge is 0.270 e. The average Bonchev–Trinajstić information content (AvgIpc) is 2.28. The van der Waals surface area contributed by atoms with E-state index in [1.165, 1.54) is 6.07 Å². The predicted molar refractivity (Wildman–Crippen MR) is 72.8 cm³/mol. The van der Waals surface area contributed by atoms with Crippen molar-refractivity contribution in [3.8, 4) is 0 Å². The van der Waals surface area contributed by atoms with Crippen LogP contribution in [0.4, 0.5) is 5.69 Å². The van der Waals surface area contributed by atoms with Gasteiger partial charge in [0.15, 0.2) is 0 Å². The van der Waals surface area contributed by atoms with Crippen LogP contribution in [0.3, 0.4) is 0 Å². The summed E-state index contributed by atoms with van der Waals surface area (Å²) in [4.78, 5) is 9.73. The van der Waals surface area contributed by atoms with Crippen LogP contribution in [-0.4, -0.2) is 19.4 Å². The average molecular weight is 307 g/mol. The Morgan fingerprint density at radius 1 is 1.47 bits per heavy atom. The minimum atomic E-state index is -3.85. The summed E-state index contributed by atoms with van der Waals surface area (Å²) in [5.74, 6) is 0. The van der Waals surface area contributed by atoms with Crippen LogP contribution in [0.2, 0.25) is 5.02 Å². The molecule has 1 aromatic carbocycles. The number of nitrogens with zero attached hydrogens (tertiary/aromatic N) is 1. The zero-order valence-corrected chi connectivity index (χ0v) is 12.2. The van der Waals surface area contributed by atoms with Crippen molar-refractivity contribution >= 4 is 27.3 Å². The van der Waals surface area contributed by atoms with Crippen molar-refractivity contribution in [1.29, 1.82) is 0 Å². The second-order valence-electron chi connectivity index (χ2n) is 4.18. The van der Waals surface area contributed by atoms with Crippen molar-refractivity contribution in [1.82, 2.24) is 4.72 Å². The fourth-order valence-corrected chi connectivity index (χ4v) is 3.43. The van der Waals surface area contributed by atoms with E-state index in [1.807, 2.05) is 6.92 Å². The Labute approximate surface area is 117 Å². The molecule has 1 N–H and O–H groups in total. The molecule has 0 radical (unpaired) electrons. The number of hydrogen-bond acceptors (Lipinski definition) is 4. The molecule has 8 heteroatoms. The Morgan fingerprint density at radius 2 is 2.11 bits per heavy atom. The van der Waals surface area contributed by atoms with E-state index >= 15 is 0 Å². The van der Waals surface area contributed by atoms with Crippen LogP contribution in [0.1, 0.15) is 26.7 Å². The van der Waals surface area contributed by atoms with E-state index in [4.69, 9.17) is 11.6 Å². The van der Waals surface area contributed by atoms with Gasteiger partial charge in [-0.3, -0.25) is 10.1 Å². The molecule has 0 saturated heterocycles. The molecular weight excluding hydrogens is 292 g/mol. The fourth-order valence-electron chi connectivity index (χ4n) is 1.63. The summed E-state index contributed by atoms with van der Waals surface area (Å²) in [5, 5.41) is 10.6. The van der Waals surface area contributed by atoms with E-state index < -0.39 is 14.9 Å². The molecule has 1 rings (SSSR count). The lowest BCUT2D eigenvalue weighted by Gasteiger charge is -2.13. The molecule has 0 heterocycles. The first-order valence-electron chi connectivity index (χ1n) is 5.74. The van der Waals surface area contributed by atoms with E-state index in [2.05, 4.69) is 4.72 Å². The fraction of sp³-hybridized carbons (Fsp3) is 0.455. The van der Waals surface area contributed by atoms with E-state index in [-0.39, 0.29) is 21.6 Å². The van der Waals surface area contributed by atoms with Gasteiger partial charge in [0.25, 0.3) is 5.69 Å². The SMILES string of the molecule is CCCC(C)NS(=O)(=O)c1cc([N+](=O)[O-])ccc1Cl. The number of non-ortho nitro benzene ring substituents is 1. The molecule has 0 saturated carbocycles. The predicted octanol–water partition coefficient (Wildman–Crippen LogP) is 2.72. The van der Waals surface area contributed by atoms with Gasteiger partial charge >= 0.3 is 0 Å². The lowest BCUT2D eigenvalue weighted by molar-refractivity contribution is -0.385. The zero-order chi connectivity index (χ0) is 14.6. The maximum atomic E-state index is 12.1. The van der Waals surface area contributed by atoms with E-state index in [1.54, 1.807) is 6.92 Å². The summed E-state index contributed by atoms with van der Waals surface area (Å²) in [6.07, 6.45) is 1.50. The zero-order valence-electron chi connectivity index (χ0n) is 10.6. The third-order valence-corrected chi connectivity index (χ3v) is 4.56. The van der Waals surface area contributed by atoms with Crippen LogP contribution in [0.15, 0.2) is 23.1 Å². The molecule has 0 amide bonds. The normalized spacial score (nSPS) is 13.2. The molecule has 0 aliphatic rings. The second-order valence-corrected chi connectivity index (χ2v) is 6.27. The Hall–Kier alpha value is -1.18. The minimum absolute atomic E-state index is 0.0400. The lowest BCUT2D eigenvalue weighted by atomic mass is 10.2. The monoisotopic (exact) mass is 306 g/mol. The molecule has 0 aliphatic carbocycles. The van der Waals surface area contributed by atoms with Crippen molar-refractivity contribution < 1.29 is 13.3 Å². The molecule has 106 valence electrons. The van der Waals surface area contributed by atoms with Crippen molar-refractivity contribution in [3.05, 3.63) is 33.3 Å².